The number of hydrogen-bond donors (Lipinski definition) is 1. The van der Waals surface area contributed by atoms with Gasteiger partial charge >= 0.3 is 5.97 Å². The van der Waals surface area contributed by atoms with Gasteiger partial charge in [0, 0.05) is 31.0 Å². The number of hydrogen-bond acceptors (Lipinski definition) is 5. The Bertz CT molecular complexity index is 879. The van der Waals surface area contributed by atoms with Gasteiger partial charge in [0.15, 0.2) is 6.61 Å². The third-order valence-corrected chi connectivity index (χ3v) is 5.12. The lowest BCUT2D eigenvalue weighted by Crippen LogP contribution is -2.31. The van der Waals surface area contributed by atoms with Crippen LogP contribution in [0.1, 0.15) is 33.3 Å². The molecular formula is C19H21FN2O4S. The molecule has 0 atom stereocenters. The first-order valence-electron chi connectivity index (χ1n) is 8.22. The van der Waals surface area contributed by atoms with Crippen molar-refractivity contribution in [2.75, 3.05) is 19.0 Å². The summed E-state index contributed by atoms with van der Waals surface area (Å²) in [6.07, 6.45) is 0. The van der Waals surface area contributed by atoms with Gasteiger partial charge in [0.2, 0.25) is 5.91 Å². The number of nitrogens with one attached hydrogen (secondary N) is 1. The van der Waals surface area contributed by atoms with Crippen molar-refractivity contribution < 1.29 is 23.5 Å². The number of nitrogens with zero attached hydrogens (tertiary/aromatic N) is 1. The lowest BCUT2D eigenvalue weighted by molar-refractivity contribution is -0.133. The Labute approximate surface area is 160 Å². The summed E-state index contributed by atoms with van der Waals surface area (Å²) >= 11 is 1.27. The molecule has 6 nitrogen and oxygen atoms in total. The van der Waals surface area contributed by atoms with Crippen molar-refractivity contribution in [1.29, 1.82) is 0 Å². The Morgan fingerprint density at radius 1 is 1.22 bits per heavy atom. The summed E-state index contributed by atoms with van der Waals surface area (Å²) in [6, 6.07) is 6.16. The van der Waals surface area contributed by atoms with Gasteiger partial charge in [0.05, 0.1) is 5.56 Å². The van der Waals surface area contributed by atoms with Gasteiger partial charge < -0.3 is 15.0 Å². The Hall–Kier alpha value is -2.74. The van der Waals surface area contributed by atoms with Gasteiger partial charge in [0.25, 0.3) is 5.91 Å². The first-order chi connectivity index (χ1) is 12.7. The summed E-state index contributed by atoms with van der Waals surface area (Å²) in [4.78, 5) is 38.1. The number of anilines is 1. The lowest BCUT2D eigenvalue weighted by atomic mass is 10.1. The first-order valence-corrected chi connectivity index (χ1v) is 9.04. The van der Waals surface area contributed by atoms with Gasteiger partial charge in [-0.05, 0) is 25.5 Å². The molecule has 1 N–H and O–H groups in total. The van der Waals surface area contributed by atoms with Gasteiger partial charge in [-0.15, -0.1) is 11.3 Å². The third kappa shape index (κ3) is 5.13. The zero-order valence-corrected chi connectivity index (χ0v) is 16.4. The molecule has 0 fully saturated rings. The van der Waals surface area contributed by atoms with Crippen LogP contribution in [0.3, 0.4) is 0 Å². The van der Waals surface area contributed by atoms with E-state index in [-0.39, 0.29) is 18.0 Å². The van der Waals surface area contributed by atoms with Crippen molar-refractivity contribution in [3.05, 3.63) is 51.7 Å². The van der Waals surface area contributed by atoms with Gasteiger partial charge in [0.1, 0.15) is 10.8 Å². The Balaban J connectivity index is 2.02. The summed E-state index contributed by atoms with van der Waals surface area (Å²) in [6.45, 7) is 4.52. The van der Waals surface area contributed by atoms with Crippen LogP contribution >= 0.6 is 11.3 Å². The van der Waals surface area contributed by atoms with Crippen LogP contribution in [0.25, 0.3) is 0 Å². The van der Waals surface area contributed by atoms with E-state index in [0.29, 0.717) is 16.1 Å². The average Bonchev–Trinajstić information content (AvgIpc) is 2.87. The number of rotatable bonds is 6. The fourth-order valence-corrected chi connectivity index (χ4v) is 3.50. The van der Waals surface area contributed by atoms with Crippen LogP contribution in [0.5, 0.6) is 0 Å². The molecule has 0 aliphatic carbocycles. The molecule has 0 bridgehead atoms. The van der Waals surface area contributed by atoms with Crippen molar-refractivity contribution in [3.8, 4) is 0 Å². The van der Waals surface area contributed by atoms with Gasteiger partial charge in [-0.1, -0.05) is 18.2 Å². The maximum atomic E-state index is 13.7. The van der Waals surface area contributed by atoms with Crippen molar-refractivity contribution in [2.24, 2.45) is 0 Å². The molecule has 0 radical (unpaired) electrons. The molecule has 1 aromatic carbocycles. The Morgan fingerprint density at radius 3 is 2.52 bits per heavy atom. The summed E-state index contributed by atoms with van der Waals surface area (Å²) in [5.41, 5.74) is 1.31. The molecule has 0 unspecified atom stereocenters. The second-order valence-corrected chi connectivity index (χ2v) is 7.31. The molecule has 27 heavy (non-hydrogen) atoms. The van der Waals surface area contributed by atoms with Crippen molar-refractivity contribution in [1.82, 2.24) is 4.90 Å². The molecule has 8 heteroatoms. The number of benzene rings is 1. The standard InChI is InChI=1S/C19H21FN2O4S/c1-11-12(2)27-18(21-13(3)23)17(11)19(25)26-10-16(24)22(4)9-14-7-5-6-8-15(14)20/h5-8H,9-10H2,1-4H3,(H,21,23). The highest BCUT2D eigenvalue weighted by molar-refractivity contribution is 7.16. The van der Waals surface area contributed by atoms with Crippen molar-refractivity contribution >= 4 is 34.1 Å². The van der Waals surface area contributed by atoms with Crippen LogP contribution in [-0.4, -0.2) is 36.3 Å². The van der Waals surface area contributed by atoms with E-state index >= 15 is 0 Å². The predicted molar refractivity (Wildman–Crippen MR) is 101 cm³/mol. The number of esters is 1. The van der Waals surface area contributed by atoms with Crippen molar-refractivity contribution in [2.45, 2.75) is 27.3 Å². The minimum atomic E-state index is -0.687. The van der Waals surface area contributed by atoms with Crippen LogP contribution in [0.4, 0.5) is 9.39 Å². The van der Waals surface area contributed by atoms with E-state index in [9.17, 15) is 18.8 Å². The highest BCUT2D eigenvalue weighted by Crippen LogP contribution is 2.33. The average molecular weight is 392 g/mol. The smallest absolute Gasteiger partial charge is 0.341 e. The third-order valence-electron chi connectivity index (χ3n) is 4.00. The number of carbonyl (C=O) groups is 3. The fraction of sp³-hybridized carbons (Fsp3) is 0.316. The zero-order valence-electron chi connectivity index (χ0n) is 15.6. The van der Waals surface area contributed by atoms with Crippen LogP contribution in [-0.2, 0) is 20.9 Å². The molecule has 0 spiro atoms. The van der Waals surface area contributed by atoms with E-state index in [4.69, 9.17) is 4.74 Å². The van der Waals surface area contributed by atoms with Gasteiger partial charge in [-0.3, -0.25) is 9.59 Å². The van der Waals surface area contributed by atoms with Crippen LogP contribution < -0.4 is 5.32 Å². The summed E-state index contributed by atoms with van der Waals surface area (Å²) in [5, 5.41) is 3.00. The predicted octanol–water partition coefficient (Wildman–Crippen LogP) is 3.28. The second-order valence-electron chi connectivity index (χ2n) is 6.09. The molecule has 0 aliphatic rings. The lowest BCUT2D eigenvalue weighted by Gasteiger charge is -2.17. The first kappa shape index (κ1) is 20.6. The summed E-state index contributed by atoms with van der Waals surface area (Å²) < 4.78 is 18.8. The maximum Gasteiger partial charge on any atom is 0.341 e. The summed E-state index contributed by atoms with van der Waals surface area (Å²) in [5.74, 6) is -1.85. The topological polar surface area (TPSA) is 75.7 Å². The molecule has 1 aromatic heterocycles. The molecule has 0 saturated carbocycles. The molecule has 1 heterocycles. The number of likely N-dealkylation sites (N-methyl/N-ethyl adjacent to an activating group) is 1. The highest BCUT2D eigenvalue weighted by atomic mass is 32.1. The van der Waals surface area contributed by atoms with E-state index in [1.807, 2.05) is 6.92 Å². The molecule has 2 aromatic rings. The van der Waals surface area contributed by atoms with Crippen molar-refractivity contribution in [3.63, 3.8) is 0 Å². The molecule has 144 valence electrons. The zero-order chi connectivity index (χ0) is 20.1. The van der Waals surface area contributed by atoms with E-state index in [2.05, 4.69) is 5.32 Å². The number of amides is 2. The quantitative estimate of drug-likeness (QED) is 0.766. The number of thiophene rings is 1. The number of ether oxygens (including phenoxy) is 1. The largest absolute Gasteiger partial charge is 0.452 e. The van der Waals surface area contributed by atoms with Gasteiger partial charge in [-0.2, -0.15) is 0 Å². The molecule has 2 rings (SSSR count). The van der Waals surface area contributed by atoms with Crippen LogP contribution in [0.15, 0.2) is 24.3 Å². The normalized spacial score (nSPS) is 10.4. The van der Waals surface area contributed by atoms with E-state index in [0.717, 1.165) is 4.88 Å². The number of aryl methyl sites for hydroxylation is 1. The fourth-order valence-electron chi connectivity index (χ4n) is 2.40. The van der Waals surface area contributed by atoms with Gasteiger partial charge in [-0.25, -0.2) is 9.18 Å². The monoisotopic (exact) mass is 392 g/mol. The maximum absolute atomic E-state index is 13.7. The van der Waals surface area contributed by atoms with E-state index < -0.39 is 24.3 Å². The minimum Gasteiger partial charge on any atom is -0.452 e. The minimum absolute atomic E-state index is 0.0663. The highest BCUT2D eigenvalue weighted by Gasteiger charge is 2.23. The van der Waals surface area contributed by atoms with Crippen LogP contribution in [0.2, 0.25) is 0 Å². The number of halogens is 1. The Morgan fingerprint density at radius 2 is 1.89 bits per heavy atom. The Kier molecular flexibility index (Phi) is 6.68. The SMILES string of the molecule is CC(=O)Nc1sc(C)c(C)c1C(=O)OCC(=O)N(C)Cc1ccccc1F. The molecular weight excluding hydrogens is 371 g/mol. The van der Waals surface area contributed by atoms with Crippen LogP contribution in [0, 0.1) is 19.7 Å². The number of carbonyl (C=O) groups excluding carboxylic acids is 3. The molecule has 0 saturated heterocycles. The molecule has 2 amide bonds. The second kappa shape index (κ2) is 8.77. The van der Waals surface area contributed by atoms with E-state index in [1.54, 1.807) is 25.1 Å². The van der Waals surface area contributed by atoms with E-state index in [1.165, 1.54) is 36.3 Å². The summed E-state index contributed by atoms with van der Waals surface area (Å²) in [7, 11) is 1.51. The molecule has 0 aliphatic heterocycles.